The smallest absolute Gasteiger partial charge is 0.101 e. The number of hydrogen-bond donors (Lipinski definition) is 0. The van der Waals surface area contributed by atoms with Gasteiger partial charge in [-0.1, -0.05) is 146 Å². The van der Waals surface area contributed by atoms with Crippen LogP contribution in [0.2, 0.25) is 0 Å². The summed E-state index contributed by atoms with van der Waals surface area (Å²) >= 11 is 0. The first-order valence-corrected chi connectivity index (χ1v) is 23.6. The Balaban J connectivity index is 1.36. The Hall–Kier alpha value is -10.6. The van der Waals surface area contributed by atoms with Crippen LogP contribution in [0.1, 0.15) is 22.3 Å². The summed E-state index contributed by atoms with van der Waals surface area (Å²) in [6.07, 6.45) is 0. The summed E-state index contributed by atoms with van der Waals surface area (Å²) in [5.74, 6) is 0. The summed E-state index contributed by atoms with van der Waals surface area (Å²) in [4.78, 5) is 0. The van der Waals surface area contributed by atoms with Crippen molar-refractivity contribution in [2.75, 3.05) is 0 Å². The van der Waals surface area contributed by atoms with Crippen molar-refractivity contribution in [3.63, 3.8) is 0 Å². The lowest BCUT2D eigenvalue weighted by Crippen LogP contribution is -2.14. The van der Waals surface area contributed by atoms with Crippen molar-refractivity contribution < 1.29 is 0 Å². The molecule has 0 aliphatic rings. The van der Waals surface area contributed by atoms with E-state index in [0.29, 0.717) is 33.9 Å². The second kappa shape index (κ2) is 15.4. The Labute approximate surface area is 411 Å². The minimum Gasteiger partial charge on any atom is -0.307 e. The quantitative estimate of drug-likeness (QED) is 0.171. The number of nitrogens with zero attached hydrogens (tertiary/aromatic N) is 8. The van der Waals surface area contributed by atoms with Gasteiger partial charge in [0.05, 0.1) is 89.1 Å². The zero-order chi connectivity index (χ0) is 48.2. The molecule has 4 aromatic heterocycles. The molecule has 0 atom stereocenters. The van der Waals surface area contributed by atoms with E-state index >= 15 is 0 Å². The van der Waals surface area contributed by atoms with E-state index in [1.165, 1.54) is 0 Å². The molecular formula is C64H34N8. The van der Waals surface area contributed by atoms with E-state index in [9.17, 15) is 21.0 Å². The third kappa shape index (κ3) is 5.41. The van der Waals surface area contributed by atoms with Gasteiger partial charge in [-0.3, -0.25) is 0 Å². The van der Waals surface area contributed by atoms with Gasteiger partial charge >= 0.3 is 0 Å². The molecule has 0 amide bonds. The molecule has 72 heavy (non-hydrogen) atoms. The van der Waals surface area contributed by atoms with Crippen molar-refractivity contribution in [3.8, 4) is 58.2 Å². The number of fused-ring (bicyclic) bond motifs is 12. The fraction of sp³-hybridized carbons (Fsp3) is 0. The molecule has 14 rings (SSSR count). The Morgan fingerprint density at radius 1 is 0.222 bits per heavy atom. The maximum Gasteiger partial charge on any atom is 0.101 e. The minimum absolute atomic E-state index is 0.236. The summed E-state index contributed by atoms with van der Waals surface area (Å²) < 4.78 is 8.59. The predicted molar refractivity (Wildman–Crippen MR) is 288 cm³/mol. The van der Waals surface area contributed by atoms with Crippen LogP contribution in [-0.2, 0) is 0 Å². The van der Waals surface area contributed by atoms with E-state index in [2.05, 4.69) is 140 Å². The molecule has 0 N–H and O–H groups in total. The van der Waals surface area contributed by atoms with E-state index in [1.54, 1.807) is 12.1 Å². The summed E-state index contributed by atoms with van der Waals surface area (Å²) in [7, 11) is 0. The van der Waals surface area contributed by atoms with Gasteiger partial charge < -0.3 is 18.3 Å². The van der Waals surface area contributed by atoms with E-state index in [-0.39, 0.29) is 22.3 Å². The second-order valence-electron chi connectivity index (χ2n) is 18.0. The van der Waals surface area contributed by atoms with Crippen LogP contribution in [0.3, 0.4) is 0 Å². The lowest BCUT2D eigenvalue weighted by Gasteiger charge is -2.28. The highest BCUT2D eigenvalue weighted by Gasteiger charge is 2.35. The van der Waals surface area contributed by atoms with Crippen molar-refractivity contribution in [2.45, 2.75) is 0 Å². The van der Waals surface area contributed by atoms with Gasteiger partial charge in [0.2, 0.25) is 0 Å². The Morgan fingerprint density at radius 3 is 0.528 bits per heavy atom. The van der Waals surface area contributed by atoms with Gasteiger partial charge in [-0.05, 0) is 60.7 Å². The number of nitriles is 4. The molecule has 0 saturated carbocycles. The van der Waals surface area contributed by atoms with Crippen LogP contribution in [0, 0.1) is 45.3 Å². The molecular weight excluding hydrogens is 881 g/mol. The number of aromatic nitrogens is 4. The van der Waals surface area contributed by atoms with E-state index in [0.717, 1.165) is 87.2 Å². The Bertz CT molecular complexity index is 4050. The van der Waals surface area contributed by atoms with Crippen LogP contribution in [0.4, 0.5) is 0 Å². The van der Waals surface area contributed by atoms with Crippen LogP contribution >= 0.6 is 0 Å². The first kappa shape index (κ1) is 40.4. The number of para-hydroxylation sites is 8. The molecule has 330 valence electrons. The van der Waals surface area contributed by atoms with Crippen molar-refractivity contribution >= 4 is 87.2 Å². The molecule has 0 fully saturated rings. The van der Waals surface area contributed by atoms with Gasteiger partial charge in [-0.15, -0.1) is 0 Å². The first-order chi connectivity index (χ1) is 35.6. The maximum atomic E-state index is 11.8. The zero-order valence-corrected chi connectivity index (χ0v) is 38.2. The maximum absolute atomic E-state index is 11.8. The molecule has 4 heterocycles. The summed E-state index contributed by atoms with van der Waals surface area (Å²) in [6, 6.07) is 79.2. The van der Waals surface area contributed by atoms with Crippen LogP contribution in [-0.4, -0.2) is 18.3 Å². The van der Waals surface area contributed by atoms with Crippen LogP contribution in [0.5, 0.6) is 0 Å². The van der Waals surface area contributed by atoms with Gasteiger partial charge in [0.1, 0.15) is 24.3 Å². The molecule has 0 spiro atoms. The molecule has 0 aliphatic heterocycles. The predicted octanol–water partition coefficient (Wildman–Crippen LogP) is 15.2. The van der Waals surface area contributed by atoms with E-state index in [1.807, 2.05) is 97.1 Å². The summed E-state index contributed by atoms with van der Waals surface area (Å²) in [5.41, 5.74) is 10.6. The number of benzene rings is 10. The Kier molecular flexibility index (Phi) is 8.67. The molecule has 0 aliphatic carbocycles. The second-order valence-corrected chi connectivity index (χ2v) is 18.0. The largest absolute Gasteiger partial charge is 0.307 e. The molecule has 0 saturated heterocycles. The average Bonchev–Trinajstić information content (AvgIpc) is 4.17. The lowest BCUT2D eigenvalue weighted by molar-refractivity contribution is 1.09. The van der Waals surface area contributed by atoms with Gasteiger partial charge in [0.25, 0.3) is 0 Å². The molecule has 0 radical (unpaired) electrons. The molecule has 0 unspecified atom stereocenters. The SMILES string of the molecule is N#Cc1cc(C#N)c(-n2c3ccccc3c3ccccc32)c(-c2c(-n3c4ccccc4c4ccccc43)c(C#N)cc(C#N)c2-n2c3ccccc3c3ccccc32)c1-n1c2ccccc2c2ccccc21. The number of rotatable bonds is 5. The standard InChI is InChI=1S/C64H34N8/c65-35-39-33-40(36-66)62(70-53-27-11-3-19-45(53)46-20-4-12-28-54(46)70)59(61(39)69-51-25-9-1-17-43(51)44-18-2-10-26-52(44)69)60-63(71-55-29-13-5-21-47(55)48-22-6-14-30-56(48)71)41(37-67)34-42(38-68)64(60)72-57-31-15-7-23-49(57)50-24-8-16-32-58(50)72/h1-34H. The summed E-state index contributed by atoms with van der Waals surface area (Å²) in [6.45, 7) is 0. The van der Waals surface area contributed by atoms with Gasteiger partial charge in [0.15, 0.2) is 0 Å². The van der Waals surface area contributed by atoms with Crippen molar-refractivity contribution in [3.05, 3.63) is 229 Å². The van der Waals surface area contributed by atoms with E-state index in [4.69, 9.17) is 0 Å². The molecule has 0 bridgehead atoms. The van der Waals surface area contributed by atoms with Crippen LogP contribution < -0.4 is 0 Å². The zero-order valence-electron chi connectivity index (χ0n) is 38.2. The van der Waals surface area contributed by atoms with Crippen molar-refractivity contribution in [1.29, 1.82) is 21.0 Å². The monoisotopic (exact) mass is 914 g/mol. The van der Waals surface area contributed by atoms with Gasteiger partial charge in [-0.2, -0.15) is 21.0 Å². The van der Waals surface area contributed by atoms with Gasteiger partial charge in [0, 0.05) is 54.2 Å². The fourth-order valence-electron chi connectivity index (χ4n) is 11.7. The molecule has 8 heteroatoms. The topological polar surface area (TPSA) is 115 Å². The average molecular weight is 915 g/mol. The third-order valence-corrected chi connectivity index (χ3v) is 14.5. The third-order valence-electron chi connectivity index (χ3n) is 14.5. The lowest BCUT2D eigenvalue weighted by atomic mass is 9.88. The van der Waals surface area contributed by atoms with Crippen molar-refractivity contribution in [2.24, 2.45) is 0 Å². The Morgan fingerprint density at radius 2 is 0.375 bits per heavy atom. The van der Waals surface area contributed by atoms with Gasteiger partial charge in [-0.25, -0.2) is 0 Å². The first-order valence-electron chi connectivity index (χ1n) is 23.6. The van der Waals surface area contributed by atoms with Crippen LogP contribution in [0.15, 0.2) is 206 Å². The van der Waals surface area contributed by atoms with Crippen molar-refractivity contribution in [1.82, 2.24) is 18.3 Å². The molecule has 14 aromatic rings. The molecule has 8 nitrogen and oxygen atoms in total. The summed E-state index contributed by atoms with van der Waals surface area (Å²) in [5, 5.41) is 55.0. The minimum atomic E-state index is 0.236. The number of hydrogen-bond acceptors (Lipinski definition) is 4. The van der Waals surface area contributed by atoms with Crippen LogP contribution in [0.25, 0.3) is 121 Å². The molecule has 10 aromatic carbocycles. The highest BCUT2D eigenvalue weighted by atomic mass is 15.1. The highest BCUT2D eigenvalue weighted by Crippen LogP contribution is 2.52. The fourth-order valence-corrected chi connectivity index (χ4v) is 11.7. The normalized spacial score (nSPS) is 11.6. The highest BCUT2D eigenvalue weighted by molar-refractivity contribution is 6.16. The van der Waals surface area contributed by atoms with E-state index < -0.39 is 0 Å².